The molecule has 2 N–H and O–H groups in total. The second-order valence-corrected chi connectivity index (χ2v) is 5.52. The van der Waals surface area contributed by atoms with Crippen molar-refractivity contribution in [2.45, 2.75) is 20.3 Å². The zero-order chi connectivity index (χ0) is 13.8. The topological polar surface area (TPSA) is 86.7 Å². The van der Waals surface area contributed by atoms with Crippen LogP contribution in [0.4, 0.5) is 0 Å². The number of carboxylic acid groups (broad SMARTS) is 1. The molecule has 0 aromatic rings. The molecule has 1 aliphatic rings. The number of rotatable bonds is 6. The fourth-order valence-electron chi connectivity index (χ4n) is 1.42. The molecule has 1 aliphatic heterocycles. The Hall–Kier alpha value is -1.24. The standard InChI is InChI=1S/C11H18N2O4S/c1-3-11(2,10(16)17)6-12-8(14)4-13-7-18-5-9(13)15/h3-7H2,1-2H3,(H,12,14)(H,16,17). The van der Waals surface area contributed by atoms with Crippen LogP contribution >= 0.6 is 11.8 Å². The molecule has 1 rings (SSSR count). The van der Waals surface area contributed by atoms with E-state index in [1.807, 2.05) is 0 Å². The molecular formula is C11H18N2O4S. The van der Waals surface area contributed by atoms with E-state index < -0.39 is 11.4 Å². The number of hydrogen-bond acceptors (Lipinski definition) is 4. The van der Waals surface area contributed by atoms with Gasteiger partial charge in [0, 0.05) is 6.54 Å². The summed E-state index contributed by atoms with van der Waals surface area (Å²) in [6, 6.07) is 0. The molecule has 6 nitrogen and oxygen atoms in total. The first-order valence-corrected chi connectivity index (χ1v) is 6.90. The van der Waals surface area contributed by atoms with Gasteiger partial charge in [-0.15, -0.1) is 11.8 Å². The minimum Gasteiger partial charge on any atom is -0.481 e. The van der Waals surface area contributed by atoms with Crippen molar-refractivity contribution in [2.24, 2.45) is 5.41 Å². The maximum atomic E-state index is 11.6. The van der Waals surface area contributed by atoms with Gasteiger partial charge in [0.25, 0.3) is 0 Å². The summed E-state index contributed by atoms with van der Waals surface area (Å²) in [5.74, 6) is -0.359. The van der Waals surface area contributed by atoms with E-state index in [1.54, 1.807) is 13.8 Å². The van der Waals surface area contributed by atoms with E-state index in [4.69, 9.17) is 5.11 Å². The van der Waals surface area contributed by atoms with Gasteiger partial charge >= 0.3 is 5.97 Å². The van der Waals surface area contributed by atoms with Gasteiger partial charge in [-0.3, -0.25) is 14.4 Å². The van der Waals surface area contributed by atoms with Crippen LogP contribution < -0.4 is 5.32 Å². The third-order valence-corrected chi connectivity index (χ3v) is 4.08. The lowest BCUT2D eigenvalue weighted by molar-refractivity contribution is -0.148. The molecule has 7 heteroatoms. The van der Waals surface area contributed by atoms with E-state index in [2.05, 4.69) is 5.32 Å². The molecule has 102 valence electrons. The zero-order valence-electron chi connectivity index (χ0n) is 10.6. The number of carbonyl (C=O) groups excluding carboxylic acids is 2. The molecule has 1 atom stereocenters. The number of hydrogen-bond donors (Lipinski definition) is 2. The van der Waals surface area contributed by atoms with Crippen molar-refractivity contribution in [1.29, 1.82) is 0 Å². The number of carboxylic acids is 1. The molecule has 0 aromatic carbocycles. The zero-order valence-corrected chi connectivity index (χ0v) is 11.4. The maximum absolute atomic E-state index is 11.6. The number of carbonyl (C=O) groups is 3. The Labute approximate surface area is 110 Å². The molecule has 18 heavy (non-hydrogen) atoms. The molecule has 1 saturated heterocycles. The van der Waals surface area contributed by atoms with Crippen LogP contribution in [0.15, 0.2) is 0 Å². The lowest BCUT2D eigenvalue weighted by Gasteiger charge is -2.24. The monoisotopic (exact) mass is 274 g/mol. The fourth-order valence-corrected chi connectivity index (χ4v) is 2.32. The fraction of sp³-hybridized carbons (Fsp3) is 0.727. The molecule has 0 aromatic heterocycles. The van der Waals surface area contributed by atoms with E-state index >= 15 is 0 Å². The van der Waals surface area contributed by atoms with Gasteiger partial charge in [-0.25, -0.2) is 0 Å². The first-order chi connectivity index (χ1) is 8.39. The molecule has 1 heterocycles. The van der Waals surface area contributed by atoms with Crippen LogP contribution in [0.1, 0.15) is 20.3 Å². The predicted molar refractivity (Wildman–Crippen MR) is 68.1 cm³/mol. The first-order valence-electron chi connectivity index (χ1n) is 5.74. The number of amides is 2. The average Bonchev–Trinajstić information content (AvgIpc) is 2.71. The van der Waals surface area contributed by atoms with Crippen molar-refractivity contribution in [2.75, 3.05) is 24.7 Å². The number of aliphatic carboxylic acids is 1. The normalized spacial score (nSPS) is 18.6. The summed E-state index contributed by atoms with van der Waals surface area (Å²) in [5.41, 5.74) is -0.959. The Balaban J connectivity index is 2.41. The Kier molecular flexibility index (Phi) is 5.01. The van der Waals surface area contributed by atoms with Crippen molar-refractivity contribution < 1.29 is 19.5 Å². The second-order valence-electron chi connectivity index (χ2n) is 4.57. The van der Waals surface area contributed by atoms with Gasteiger partial charge in [0.2, 0.25) is 11.8 Å². The molecule has 0 radical (unpaired) electrons. The minimum atomic E-state index is -0.959. The summed E-state index contributed by atoms with van der Waals surface area (Å²) in [6.07, 6.45) is 0.432. The Bertz CT molecular complexity index is 361. The summed E-state index contributed by atoms with van der Waals surface area (Å²) in [4.78, 5) is 35.4. The van der Waals surface area contributed by atoms with Crippen LogP contribution in [-0.2, 0) is 14.4 Å². The average molecular weight is 274 g/mol. The van der Waals surface area contributed by atoms with E-state index in [1.165, 1.54) is 16.7 Å². The molecule has 0 bridgehead atoms. The predicted octanol–water partition coefficient (Wildman–Crippen LogP) is 0.136. The minimum absolute atomic E-state index is 0.00521. The van der Waals surface area contributed by atoms with Crippen molar-refractivity contribution >= 4 is 29.5 Å². The van der Waals surface area contributed by atoms with E-state index in [0.29, 0.717) is 18.1 Å². The third-order valence-electron chi connectivity index (χ3n) is 3.13. The lowest BCUT2D eigenvalue weighted by Crippen LogP contribution is -2.44. The highest BCUT2D eigenvalue weighted by Crippen LogP contribution is 2.20. The van der Waals surface area contributed by atoms with E-state index in [9.17, 15) is 14.4 Å². The Morgan fingerprint density at radius 2 is 2.22 bits per heavy atom. The first kappa shape index (κ1) is 14.8. The van der Waals surface area contributed by atoms with Gasteiger partial charge in [-0.1, -0.05) is 6.92 Å². The summed E-state index contributed by atoms with van der Waals surface area (Å²) < 4.78 is 0. The van der Waals surface area contributed by atoms with Crippen LogP contribution in [-0.4, -0.2) is 52.5 Å². The van der Waals surface area contributed by atoms with Gasteiger partial charge in [0.15, 0.2) is 0 Å². The maximum Gasteiger partial charge on any atom is 0.311 e. The van der Waals surface area contributed by atoms with Crippen molar-refractivity contribution in [3.05, 3.63) is 0 Å². The highest BCUT2D eigenvalue weighted by atomic mass is 32.2. The van der Waals surface area contributed by atoms with Gasteiger partial charge in [-0.2, -0.15) is 0 Å². The molecular weight excluding hydrogens is 256 g/mol. The van der Waals surface area contributed by atoms with E-state index in [-0.39, 0.29) is 24.9 Å². The summed E-state index contributed by atoms with van der Waals surface area (Å²) >= 11 is 1.47. The Morgan fingerprint density at radius 3 is 2.67 bits per heavy atom. The highest BCUT2D eigenvalue weighted by Gasteiger charge is 2.32. The quantitative estimate of drug-likeness (QED) is 0.719. The number of nitrogens with zero attached hydrogens (tertiary/aromatic N) is 1. The van der Waals surface area contributed by atoms with Crippen molar-refractivity contribution in [3.8, 4) is 0 Å². The second kappa shape index (κ2) is 6.08. The van der Waals surface area contributed by atoms with Crippen molar-refractivity contribution in [3.63, 3.8) is 0 Å². The SMILES string of the molecule is CCC(C)(CNC(=O)CN1CSCC1=O)C(=O)O. The summed E-state index contributed by atoms with van der Waals surface area (Å²) in [6.45, 7) is 3.44. The summed E-state index contributed by atoms with van der Waals surface area (Å²) in [5, 5.41) is 11.6. The van der Waals surface area contributed by atoms with Gasteiger partial charge in [0.05, 0.1) is 17.0 Å². The molecule has 0 saturated carbocycles. The van der Waals surface area contributed by atoms with Crippen LogP contribution in [0.5, 0.6) is 0 Å². The smallest absolute Gasteiger partial charge is 0.311 e. The van der Waals surface area contributed by atoms with Crippen LogP contribution in [0.3, 0.4) is 0 Å². The summed E-state index contributed by atoms with van der Waals surface area (Å²) in [7, 11) is 0. The van der Waals surface area contributed by atoms with Gasteiger partial charge < -0.3 is 15.3 Å². The largest absolute Gasteiger partial charge is 0.481 e. The van der Waals surface area contributed by atoms with Crippen molar-refractivity contribution in [1.82, 2.24) is 10.2 Å². The molecule has 2 amide bonds. The van der Waals surface area contributed by atoms with Gasteiger partial charge in [-0.05, 0) is 13.3 Å². The molecule has 0 spiro atoms. The van der Waals surface area contributed by atoms with E-state index in [0.717, 1.165) is 0 Å². The van der Waals surface area contributed by atoms with Crippen LogP contribution in [0.2, 0.25) is 0 Å². The molecule has 1 fully saturated rings. The number of thioether (sulfide) groups is 1. The van der Waals surface area contributed by atoms with Crippen LogP contribution in [0, 0.1) is 5.41 Å². The van der Waals surface area contributed by atoms with Gasteiger partial charge in [0.1, 0.15) is 6.54 Å². The number of nitrogens with one attached hydrogen (secondary N) is 1. The molecule has 0 aliphatic carbocycles. The lowest BCUT2D eigenvalue weighted by atomic mass is 9.88. The molecule has 1 unspecified atom stereocenters. The Morgan fingerprint density at radius 1 is 1.56 bits per heavy atom. The van der Waals surface area contributed by atoms with Crippen LogP contribution in [0.25, 0.3) is 0 Å². The third kappa shape index (κ3) is 3.63. The highest BCUT2D eigenvalue weighted by molar-refractivity contribution is 8.00.